The van der Waals surface area contributed by atoms with Crippen molar-refractivity contribution in [3.8, 4) is 0 Å². The first-order valence-corrected chi connectivity index (χ1v) is 24.2. The third kappa shape index (κ3) is 17.2. The van der Waals surface area contributed by atoms with Gasteiger partial charge in [0.25, 0.3) is 5.91 Å². The number of nitrogens with two attached hydrogens (primary N) is 1. The van der Waals surface area contributed by atoms with Crippen LogP contribution in [0, 0.1) is 5.92 Å². The van der Waals surface area contributed by atoms with Gasteiger partial charge in [0.05, 0.1) is 38.1 Å². The number of nitrogens with zero attached hydrogens (tertiary/aromatic N) is 1. The number of unbranched alkanes of at least 4 members (excludes halogenated alkanes) is 2. The van der Waals surface area contributed by atoms with Crippen molar-refractivity contribution in [3.05, 3.63) is 71.3 Å². The molecule has 18 nitrogen and oxygen atoms in total. The Bertz CT molecular complexity index is 2040. The molecule has 2 aromatic carbocycles. The van der Waals surface area contributed by atoms with E-state index < -0.39 is 96.0 Å². The van der Waals surface area contributed by atoms with Crippen LogP contribution in [0.4, 0.5) is 0 Å². The zero-order valence-electron chi connectivity index (χ0n) is 39.7. The first-order chi connectivity index (χ1) is 32.6. The van der Waals surface area contributed by atoms with E-state index >= 15 is 0 Å². The molecule has 0 aromatic heterocycles. The summed E-state index contributed by atoms with van der Waals surface area (Å²) in [5.41, 5.74) is 7.37. The van der Waals surface area contributed by atoms with Crippen molar-refractivity contribution in [2.24, 2.45) is 11.7 Å². The molecule has 2 aliphatic rings. The summed E-state index contributed by atoms with van der Waals surface area (Å²) in [6.45, 7) is 5.15. The molecule has 1 aliphatic heterocycles. The summed E-state index contributed by atoms with van der Waals surface area (Å²) in [6, 6.07) is 10.7. The maximum atomic E-state index is 14.9. The van der Waals surface area contributed by atoms with Gasteiger partial charge in [-0.05, 0) is 54.7 Å². The predicted molar refractivity (Wildman–Crippen MR) is 252 cm³/mol. The molecule has 0 spiro atoms. The van der Waals surface area contributed by atoms with Crippen LogP contribution in [-0.2, 0) is 67.3 Å². The summed E-state index contributed by atoms with van der Waals surface area (Å²) in [7, 11) is 0. The number of aliphatic carboxylic acids is 1. The van der Waals surface area contributed by atoms with E-state index in [1.807, 2.05) is 44.2 Å². The highest BCUT2D eigenvalue weighted by Crippen LogP contribution is 2.31. The van der Waals surface area contributed by atoms with E-state index in [9.17, 15) is 48.3 Å². The molecule has 372 valence electrons. The Morgan fingerprint density at radius 3 is 1.97 bits per heavy atom. The molecule has 68 heavy (non-hydrogen) atoms. The fourth-order valence-corrected chi connectivity index (χ4v) is 8.81. The maximum Gasteiger partial charge on any atom is 0.307 e. The van der Waals surface area contributed by atoms with Gasteiger partial charge in [0.1, 0.15) is 24.2 Å². The zero-order chi connectivity index (χ0) is 49.6. The highest BCUT2D eigenvalue weighted by Gasteiger charge is 2.45. The maximum absolute atomic E-state index is 14.9. The standard InChI is InChI=1S/C50H71N7O11/c1-4-7-24-38(46(51)63)55-47(64)39(25-8-5-2)53-42(59)29-52-49(66)45(62)37(17-6-3)54-48(65)40-28-36(68-31-32-18-11-9-12-19-32)30-57(40)50(67)44(33-20-13-10-14-21-33)56-41(58)26-34-22-15-16-23-35(34)27-43(60)61/h9,11-12,15-16,18-19,22-23,33,36-40,44H,4-8,10,13-14,17,20-21,24-31H2,1-3H3,(H2,51,63)(H,52,66)(H,53,59)(H,54,65)(H,55,64)(H,56,58)(H,60,61). The zero-order valence-corrected chi connectivity index (χ0v) is 39.7. The number of primary amides is 1. The van der Waals surface area contributed by atoms with Gasteiger partial charge in [0, 0.05) is 13.0 Å². The number of ketones is 1. The fourth-order valence-electron chi connectivity index (χ4n) is 8.81. The SMILES string of the molecule is CCCCC(NC(=O)C(CCCC)NC(=O)CNC(=O)C(=O)C(CCC)NC(=O)C1CC(OCc2ccccc2)CN1C(=O)C(NC(=O)Cc1ccccc1CC(=O)O)C1CCCCC1)C(N)=O. The number of carbonyl (C=O) groups excluding carboxylic acids is 8. The molecular formula is C50H71N7O11. The molecule has 0 bridgehead atoms. The number of nitrogens with one attached hydrogen (secondary N) is 5. The van der Waals surface area contributed by atoms with Crippen LogP contribution in [0.25, 0.3) is 0 Å². The van der Waals surface area contributed by atoms with E-state index in [0.29, 0.717) is 56.1 Å². The number of carboxylic acid groups (broad SMARTS) is 1. The number of rotatable bonds is 28. The van der Waals surface area contributed by atoms with Gasteiger partial charge >= 0.3 is 5.97 Å². The molecule has 1 aliphatic carbocycles. The van der Waals surface area contributed by atoms with Crippen molar-refractivity contribution in [3.63, 3.8) is 0 Å². The largest absolute Gasteiger partial charge is 0.481 e. The highest BCUT2D eigenvalue weighted by atomic mass is 16.5. The number of amides is 7. The number of hydrogen-bond acceptors (Lipinski definition) is 10. The second-order valence-electron chi connectivity index (χ2n) is 17.9. The van der Waals surface area contributed by atoms with E-state index in [1.54, 1.807) is 31.2 Å². The molecule has 7 amide bonds. The van der Waals surface area contributed by atoms with Crippen molar-refractivity contribution in [1.82, 2.24) is 31.5 Å². The van der Waals surface area contributed by atoms with Crippen LogP contribution in [0.15, 0.2) is 54.6 Å². The minimum atomic E-state index is -1.33. The highest BCUT2D eigenvalue weighted by molar-refractivity contribution is 6.38. The molecular weight excluding hydrogens is 875 g/mol. The molecule has 6 atom stereocenters. The minimum Gasteiger partial charge on any atom is -0.481 e. The van der Waals surface area contributed by atoms with Gasteiger partial charge in [-0.1, -0.05) is 127 Å². The Kier molecular flexibility index (Phi) is 22.6. The van der Waals surface area contributed by atoms with Crippen molar-refractivity contribution in [2.75, 3.05) is 13.1 Å². The van der Waals surface area contributed by atoms with Crippen LogP contribution in [0.3, 0.4) is 0 Å². The average Bonchev–Trinajstić information content (AvgIpc) is 3.77. The van der Waals surface area contributed by atoms with Crippen LogP contribution in [0.5, 0.6) is 0 Å². The molecule has 0 radical (unpaired) electrons. The first-order valence-electron chi connectivity index (χ1n) is 24.2. The Labute approximate surface area is 399 Å². The number of benzene rings is 2. The molecule has 2 aromatic rings. The van der Waals surface area contributed by atoms with Gasteiger partial charge in [-0.3, -0.25) is 43.2 Å². The molecule has 1 saturated carbocycles. The summed E-state index contributed by atoms with van der Waals surface area (Å²) < 4.78 is 6.26. The smallest absolute Gasteiger partial charge is 0.307 e. The Morgan fingerprint density at radius 2 is 1.35 bits per heavy atom. The Balaban J connectivity index is 1.50. The third-order valence-electron chi connectivity index (χ3n) is 12.5. The summed E-state index contributed by atoms with van der Waals surface area (Å²) in [6.07, 6.45) is 6.72. The van der Waals surface area contributed by atoms with E-state index in [-0.39, 0.29) is 51.2 Å². The van der Waals surface area contributed by atoms with Crippen LogP contribution < -0.4 is 32.3 Å². The van der Waals surface area contributed by atoms with Crippen LogP contribution in [-0.4, -0.2) is 113 Å². The van der Waals surface area contributed by atoms with Gasteiger partial charge in [0.15, 0.2) is 0 Å². The molecule has 6 unspecified atom stereocenters. The number of hydrogen-bond donors (Lipinski definition) is 7. The Hall–Kier alpha value is -6.17. The molecule has 1 heterocycles. The van der Waals surface area contributed by atoms with Crippen molar-refractivity contribution < 1.29 is 53.0 Å². The second kappa shape index (κ2) is 28.2. The fraction of sp³-hybridized carbons (Fsp3) is 0.580. The lowest BCUT2D eigenvalue weighted by molar-refractivity contribution is -0.144. The van der Waals surface area contributed by atoms with Gasteiger partial charge < -0.3 is 47.1 Å². The molecule has 1 saturated heterocycles. The van der Waals surface area contributed by atoms with Crippen LogP contribution >= 0.6 is 0 Å². The molecule has 18 heteroatoms. The summed E-state index contributed by atoms with van der Waals surface area (Å²) in [5.74, 6) is -7.17. The van der Waals surface area contributed by atoms with E-state index in [0.717, 1.165) is 31.2 Å². The lowest BCUT2D eigenvalue weighted by Gasteiger charge is -2.35. The van der Waals surface area contributed by atoms with Gasteiger partial charge in [-0.15, -0.1) is 0 Å². The molecule has 2 fully saturated rings. The Morgan fingerprint density at radius 1 is 0.721 bits per heavy atom. The minimum absolute atomic E-state index is 0.00543. The van der Waals surface area contributed by atoms with Crippen molar-refractivity contribution in [1.29, 1.82) is 0 Å². The van der Waals surface area contributed by atoms with Crippen molar-refractivity contribution in [2.45, 2.75) is 166 Å². The van der Waals surface area contributed by atoms with E-state index in [4.69, 9.17) is 10.5 Å². The van der Waals surface area contributed by atoms with Gasteiger partial charge in [0.2, 0.25) is 41.2 Å². The average molecular weight is 946 g/mol. The van der Waals surface area contributed by atoms with E-state index in [2.05, 4.69) is 26.6 Å². The van der Waals surface area contributed by atoms with Crippen molar-refractivity contribution >= 4 is 53.1 Å². The van der Waals surface area contributed by atoms with Gasteiger partial charge in [-0.25, -0.2) is 0 Å². The second-order valence-corrected chi connectivity index (χ2v) is 17.9. The molecule has 8 N–H and O–H groups in total. The summed E-state index contributed by atoms with van der Waals surface area (Å²) in [5, 5.41) is 22.6. The van der Waals surface area contributed by atoms with E-state index in [1.165, 1.54) is 4.90 Å². The topological polar surface area (TPSA) is 272 Å². The number of carboxylic acids is 1. The first kappa shape index (κ1) is 54.4. The lowest BCUT2D eigenvalue weighted by atomic mass is 9.83. The lowest BCUT2D eigenvalue weighted by Crippen LogP contribution is -2.58. The number of ether oxygens (including phenoxy) is 1. The van der Waals surface area contributed by atoms with Crippen LogP contribution in [0.1, 0.15) is 127 Å². The third-order valence-corrected chi connectivity index (χ3v) is 12.5. The molecule has 4 rings (SSSR count). The van der Waals surface area contributed by atoms with Gasteiger partial charge in [-0.2, -0.15) is 0 Å². The monoisotopic (exact) mass is 946 g/mol. The number of carbonyl (C=O) groups is 9. The summed E-state index contributed by atoms with van der Waals surface area (Å²) >= 11 is 0. The summed E-state index contributed by atoms with van der Waals surface area (Å²) in [4.78, 5) is 121. The quantitative estimate of drug-likeness (QED) is 0.0610. The predicted octanol–water partition coefficient (Wildman–Crippen LogP) is 2.91. The van der Waals surface area contributed by atoms with Crippen LogP contribution in [0.2, 0.25) is 0 Å². The number of likely N-dealkylation sites (tertiary alicyclic amines) is 1. The number of Topliss-reactive ketones (excluding diaryl/α,β-unsaturated/α-hetero) is 1. The normalized spacial score (nSPS) is 17.7.